The third kappa shape index (κ3) is 9.80. The predicted octanol–water partition coefficient (Wildman–Crippen LogP) is 0.155. The summed E-state index contributed by atoms with van der Waals surface area (Å²) in [7, 11) is 3.38. The van der Waals surface area contributed by atoms with Crippen molar-refractivity contribution in [3.63, 3.8) is 0 Å². The summed E-state index contributed by atoms with van der Waals surface area (Å²) in [6, 6.07) is 0. The Morgan fingerprint density at radius 2 is 1.67 bits per heavy atom. The Morgan fingerprint density at radius 3 is 1.67 bits per heavy atom. The smallest absolute Gasteiger partial charge is 0.209 e. The Kier molecular flexibility index (Phi) is 6.76. The lowest BCUT2D eigenvalue weighted by atomic mass is 11.0. The van der Waals surface area contributed by atoms with Crippen LogP contribution in [0.2, 0.25) is 0 Å². The van der Waals surface area contributed by atoms with E-state index in [4.69, 9.17) is 0 Å². The van der Waals surface area contributed by atoms with Crippen molar-refractivity contribution in [2.24, 2.45) is 0 Å². The zero-order chi connectivity index (χ0) is 4.28. The van der Waals surface area contributed by atoms with Crippen LogP contribution >= 0.6 is 0 Å². The van der Waals surface area contributed by atoms with E-state index in [1.807, 2.05) is 0 Å². The van der Waals surface area contributed by atoms with Crippen LogP contribution in [0.15, 0.2) is 0 Å². The summed E-state index contributed by atoms with van der Waals surface area (Å²) < 4.78 is 0. The maximum absolute atomic E-state index is 9.43. The van der Waals surface area contributed by atoms with E-state index in [0.29, 0.717) is 0 Å². The standard InChI is InChI=1S/C3H7NO.CH3/c1-4(2)3-5;/h3H,1-2H3;1H3. The van der Waals surface area contributed by atoms with Gasteiger partial charge >= 0.3 is 0 Å². The van der Waals surface area contributed by atoms with E-state index in [1.165, 1.54) is 4.90 Å². The molecule has 1 amide bonds. The number of rotatable bonds is 1. The predicted molar refractivity (Wildman–Crippen MR) is 26.2 cm³/mol. The van der Waals surface area contributed by atoms with Crippen LogP contribution in [0.1, 0.15) is 0 Å². The molecule has 2 nitrogen and oxygen atoms in total. The molecule has 0 saturated carbocycles. The normalized spacial score (nSPS) is 5.67. The highest BCUT2D eigenvalue weighted by Crippen LogP contribution is 1.52. The van der Waals surface area contributed by atoms with E-state index in [2.05, 4.69) is 0 Å². The molecular formula is C4H10NO. The molecular weight excluding hydrogens is 78.0 g/mol. The Labute approximate surface area is 38.8 Å². The molecule has 0 aliphatic heterocycles. The van der Waals surface area contributed by atoms with Gasteiger partial charge in [-0.1, -0.05) is 7.43 Å². The molecule has 0 unspecified atom stereocenters. The van der Waals surface area contributed by atoms with Crippen LogP contribution in [-0.4, -0.2) is 25.4 Å². The number of hydrogen-bond donors (Lipinski definition) is 0. The van der Waals surface area contributed by atoms with E-state index >= 15 is 0 Å². The van der Waals surface area contributed by atoms with Gasteiger partial charge in [-0.15, -0.1) is 0 Å². The zero-order valence-electron chi connectivity index (χ0n) is 4.43. The molecule has 1 radical (unpaired) electrons. The van der Waals surface area contributed by atoms with Crippen LogP contribution in [0.5, 0.6) is 0 Å². The van der Waals surface area contributed by atoms with E-state index in [0.717, 1.165) is 6.41 Å². The van der Waals surface area contributed by atoms with Crippen LogP contribution in [0, 0.1) is 7.43 Å². The number of carbonyl (C=O) groups is 1. The van der Waals surface area contributed by atoms with E-state index in [-0.39, 0.29) is 7.43 Å². The molecule has 37 valence electrons. The van der Waals surface area contributed by atoms with Crippen molar-refractivity contribution in [2.75, 3.05) is 14.1 Å². The van der Waals surface area contributed by atoms with Crippen LogP contribution in [-0.2, 0) is 4.79 Å². The fourth-order valence-electron chi connectivity index (χ4n) is 0. The van der Waals surface area contributed by atoms with Gasteiger partial charge in [-0.3, -0.25) is 4.79 Å². The highest BCUT2D eigenvalue weighted by atomic mass is 16.1. The number of hydrogen-bond acceptors (Lipinski definition) is 1. The minimum atomic E-state index is 0. The molecule has 0 aliphatic rings. The maximum atomic E-state index is 9.43. The van der Waals surface area contributed by atoms with E-state index in [1.54, 1.807) is 14.1 Å². The van der Waals surface area contributed by atoms with Crippen LogP contribution < -0.4 is 0 Å². The van der Waals surface area contributed by atoms with Gasteiger partial charge in [0, 0.05) is 14.1 Å². The van der Waals surface area contributed by atoms with Crippen molar-refractivity contribution in [3.05, 3.63) is 7.43 Å². The number of carbonyl (C=O) groups excluding carboxylic acids is 1. The second kappa shape index (κ2) is 4.47. The van der Waals surface area contributed by atoms with Gasteiger partial charge in [0.25, 0.3) is 0 Å². The molecule has 0 rings (SSSR count). The van der Waals surface area contributed by atoms with Gasteiger partial charge in [0.15, 0.2) is 0 Å². The SMILES string of the molecule is CN(C)C=O.[CH3]. The molecule has 0 aromatic rings. The van der Waals surface area contributed by atoms with Crippen molar-refractivity contribution in [1.82, 2.24) is 4.90 Å². The van der Waals surface area contributed by atoms with Crippen LogP contribution in [0.3, 0.4) is 0 Å². The fraction of sp³-hybridized carbons (Fsp3) is 0.500. The average Bonchev–Trinajstić information content (AvgIpc) is 1.38. The summed E-state index contributed by atoms with van der Waals surface area (Å²) in [5.74, 6) is 0. The molecule has 0 N–H and O–H groups in total. The summed E-state index contributed by atoms with van der Waals surface area (Å²) in [6.45, 7) is 0. The van der Waals surface area contributed by atoms with Crippen molar-refractivity contribution in [1.29, 1.82) is 0 Å². The first-order chi connectivity index (χ1) is 2.27. The van der Waals surface area contributed by atoms with Crippen molar-refractivity contribution >= 4 is 6.41 Å². The Morgan fingerprint density at radius 1 is 1.50 bits per heavy atom. The third-order valence-electron chi connectivity index (χ3n) is 0.211. The molecule has 0 heterocycles. The highest BCUT2D eigenvalue weighted by Gasteiger charge is 1.68. The monoisotopic (exact) mass is 88.1 g/mol. The molecule has 0 bridgehead atoms. The first-order valence-electron chi connectivity index (χ1n) is 1.39. The summed E-state index contributed by atoms with van der Waals surface area (Å²) >= 11 is 0. The Bertz CT molecular complexity index is 34.5. The molecule has 0 atom stereocenters. The van der Waals surface area contributed by atoms with Gasteiger partial charge in [0.05, 0.1) is 0 Å². The fourth-order valence-corrected chi connectivity index (χ4v) is 0. The van der Waals surface area contributed by atoms with Gasteiger partial charge in [0.2, 0.25) is 6.41 Å². The largest absolute Gasteiger partial charge is 0.351 e. The second-order valence-corrected chi connectivity index (χ2v) is 1.07. The molecule has 0 aromatic carbocycles. The first-order valence-corrected chi connectivity index (χ1v) is 1.39. The number of nitrogens with zero attached hydrogens (tertiary/aromatic N) is 1. The lowest BCUT2D eigenvalue weighted by Gasteiger charge is -1.93. The van der Waals surface area contributed by atoms with Gasteiger partial charge in [0.1, 0.15) is 0 Å². The van der Waals surface area contributed by atoms with Gasteiger partial charge in [-0.2, -0.15) is 0 Å². The second-order valence-electron chi connectivity index (χ2n) is 1.07. The summed E-state index contributed by atoms with van der Waals surface area (Å²) in [6.07, 6.45) is 0.750. The lowest BCUT2D eigenvalue weighted by molar-refractivity contribution is -0.115. The zero-order valence-corrected chi connectivity index (χ0v) is 4.43. The Balaban J connectivity index is 0. The summed E-state index contributed by atoms with van der Waals surface area (Å²) in [4.78, 5) is 10.9. The van der Waals surface area contributed by atoms with Gasteiger partial charge in [-0.25, -0.2) is 0 Å². The minimum Gasteiger partial charge on any atom is -0.351 e. The highest BCUT2D eigenvalue weighted by molar-refractivity contribution is 5.45. The summed E-state index contributed by atoms with van der Waals surface area (Å²) in [5.41, 5.74) is 0. The van der Waals surface area contributed by atoms with Crippen LogP contribution in [0.25, 0.3) is 0 Å². The molecule has 6 heavy (non-hydrogen) atoms. The number of amides is 1. The topological polar surface area (TPSA) is 20.3 Å². The van der Waals surface area contributed by atoms with Gasteiger partial charge < -0.3 is 4.90 Å². The van der Waals surface area contributed by atoms with Crippen molar-refractivity contribution < 1.29 is 4.79 Å². The van der Waals surface area contributed by atoms with Gasteiger partial charge in [-0.05, 0) is 0 Å². The first kappa shape index (κ1) is 9.08. The molecule has 2 heteroatoms. The molecule has 0 fully saturated rings. The van der Waals surface area contributed by atoms with Crippen molar-refractivity contribution in [3.8, 4) is 0 Å². The average molecular weight is 88.1 g/mol. The molecule has 0 spiro atoms. The Hall–Kier alpha value is -0.530. The summed E-state index contributed by atoms with van der Waals surface area (Å²) in [5, 5.41) is 0. The third-order valence-corrected chi connectivity index (χ3v) is 0.211. The van der Waals surface area contributed by atoms with Crippen molar-refractivity contribution in [2.45, 2.75) is 0 Å². The quantitative estimate of drug-likeness (QED) is 0.418. The maximum Gasteiger partial charge on any atom is 0.209 e. The van der Waals surface area contributed by atoms with E-state index < -0.39 is 0 Å². The minimum absolute atomic E-state index is 0. The van der Waals surface area contributed by atoms with E-state index in [9.17, 15) is 4.79 Å². The van der Waals surface area contributed by atoms with Crippen LogP contribution in [0.4, 0.5) is 0 Å². The lowest BCUT2D eigenvalue weighted by Crippen LogP contribution is -2.06. The molecule has 0 aromatic heterocycles. The molecule has 0 aliphatic carbocycles. The molecule has 0 saturated heterocycles.